The second-order valence-electron chi connectivity index (χ2n) is 7.41. The lowest BCUT2D eigenvalue weighted by molar-refractivity contribution is -0.129. The molecule has 0 bridgehead atoms. The Kier molecular flexibility index (Phi) is 7.30. The van der Waals surface area contributed by atoms with Crippen molar-refractivity contribution in [2.24, 2.45) is 5.92 Å². The van der Waals surface area contributed by atoms with Gasteiger partial charge in [-0.05, 0) is 67.4 Å². The lowest BCUT2D eigenvalue weighted by atomic mass is 9.96. The van der Waals surface area contributed by atoms with Gasteiger partial charge in [0.2, 0.25) is 5.91 Å². The Balaban J connectivity index is 1.36. The molecule has 1 aromatic heterocycles. The summed E-state index contributed by atoms with van der Waals surface area (Å²) in [4.78, 5) is 18.0. The smallest absolute Gasteiger partial charge is 0.227 e. The molecule has 1 aromatic carbocycles. The molecule has 1 saturated heterocycles. The van der Waals surface area contributed by atoms with Crippen molar-refractivity contribution in [3.63, 3.8) is 0 Å². The SMILES string of the molecule is COc1ccc(CCN2CCC(CN(C)C(=O)Cc3cccs3)CC2)cc1. The summed E-state index contributed by atoms with van der Waals surface area (Å²) in [6, 6.07) is 12.4. The highest BCUT2D eigenvalue weighted by Gasteiger charge is 2.22. The molecule has 1 aliphatic rings. The summed E-state index contributed by atoms with van der Waals surface area (Å²) in [6.07, 6.45) is 3.97. The maximum absolute atomic E-state index is 12.4. The number of nitrogens with zero attached hydrogens (tertiary/aromatic N) is 2. The number of piperidine rings is 1. The van der Waals surface area contributed by atoms with Crippen LogP contribution in [0, 0.1) is 5.92 Å². The molecule has 146 valence electrons. The monoisotopic (exact) mass is 386 g/mol. The van der Waals surface area contributed by atoms with Crippen LogP contribution in [-0.2, 0) is 17.6 Å². The molecule has 5 heteroatoms. The van der Waals surface area contributed by atoms with Crippen molar-refractivity contribution in [2.45, 2.75) is 25.7 Å². The number of likely N-dealkylation sites (tertiary alicyclic amines) is 1. The first-order chi connectivity index (χ1) is 13.1. The molecular weight excluding hydrogens is 356 g/mol. The lowest BCUT2D eigenvalue weighted by Gasteiger charge is -2.34. The van der Waals surface area contributed by atoms with Gasteiger partial charge in [0.1, 0.15) is 5.75 Å². The minimum atomic E-state index is 0.236. The fraction of sp³-hybridized carbons (Fsp3) is 0.500. The third-order valence-electron chi connectivity index (χ3n) is 5.45. The van der Waals surface area contributed by atoms with Crippen molar-refractivity contribution in [2.75, 3.05) is 40.3 Å². The van der Waals surface area contributed by atoms with Crippen LogP contribution in [-0.4, -0.2) is 56.0 Å². The Hall–Kier alpha value is -1.85. The van der Waals surface area contributed by atoms with E-state index in [-0.39, 0.29) is 5.91 Å². The minimum absolute atomic E-state index is 0.236. The molecule has 3 rings (SSSR count). The average molecular weight is 387 g/mol. The zero-order chi connectivity index (χ0) is 19.1. The first-order valence-electron chi connectivity index (χ1n) is 9.75. The third-order valence-corrected chi connectivity index (χ3v) is 6.32. The molecule has 2 aromatic rings. The average Bonchev–Trinajstić information content (AvgIpc) is 3.21. The van der Waals surface area contributed by atoms with Crippen LogP contribution in [0.4, 0.5) is 0 Å². The number of benzene rings is 1. The van der Waals surface area contributed by atoms with Gasteiger partial charge in [-0.2, -0.15) is 0 Å². The largest absolute Gasteiger partial charge is 0.497 e. The first-order valence-corrected chi connectivity index (χ1v) is 10.6. The van der Waals surface area contributed by atoms with Crippen LogP contribution in [0.2, 0.25) is 0 Å². The molecule has 0 spiro atoms. The number of hydrogen-bond acceptors (Lipinski definition) is 4. The van der Waals surface area contributed by atoms with Gasteiger partial charge in [-0.15, -0.1) is 11.3 Å². The topological polar surface area (TPSA) is 32.8 Å². The molecular formula is C22H30N2O2S. The number of amides is 1. The van der Waals surface area contributed by atoms with Crippen LogP contribution in [0.25, 0.3) is 0 Å². The summed E-state index contributed by atoms with van der Waals surface area (Å²) in [5.41, 5.74) is 1.36. The Bertz CT molecular complexity index is 692. The molecule has 4 nitrogen and oxygen atoms in total. The fourth-order valence-electron chi connectivity index (χ4n) is 3.66. The van der Waals surface area contributed by atoms with Crippen molar-refractivity contribution < 1.29 is 9.53 Å². The van der Waals surface area contributed by atoms with E-state index in [4.69, 9.17) is 4.74 Å². The van der Waals surface area contributed by atoms with E-state index in [1.807, 2.05) is 41.6 Å². The predicted molar refractivity (Wildman–Crippen MR) is 112 cm³/mol. The maximum Gasteiger partial charge on any atom is 0.227 e. The molecule has 0 radical (unpaired) electrons. The summed E-state index contributed by atoms with van der Waals surface area (Å²) < 4.78 is 5.22. The van der Waals surface area contributed by atoms with Crippen LogP contribution in [0.15, 0.2) is 41.8 Å². The first kappa shape index (κ1) is 19.9. The Morgan fingerprint density at radius 3 is 2.59 bits per heavy atom. The van der Waals surface area contributed by atoms with E-state index in [1.54, 1.807) is 18.4 Å². The summed E-state index contributed by atoms with van der Waals surface area (Å²) in [7, 11) is 3.65. The predicted octanol–water partition coefficient (Wildman–Crippen LogP) is 3.71. The van der Waals surface area contributed by atoms with Crippen LogP contribution in [0.3, 0.4) is 0 Å². The summed E-state index contributed by atoms with van der Waals surface area (Å²) >= 11 is 1.66. The second kappa shape index (κ2) is 9.90. The fourth-order valence-corrected chi connectivity index (χ4v) is 4.35. The molecule has 1 fully saturated rings. The summed E-state index contributed by atoms with van der Waals surface area (Å²) in [5, 5.41) is 2.03. The number of methoxy groups -OCH3 is 1. The van der Waals surface area contributed by atoms with E-state index in [0.29, 0.717) is 12.3 Å². The molecule has 0 atom stereocenters. The summed E-state index contributed by atoms with van der Waals surface area (Å²) in [6.45, 7) is 4.25. The van der Waals surface area contributed by atoms with Crippen molar-refractivity contribution in [3.05, 3.63) is 52.2 Å². The second-order valence-corrected chi connectivity index (χ2v) is 8.45. The van der Waals surface area contributed by atoms with Gasteiger partial charge in [-0.25, -0.2) is 0 Å². The molecule has 0 unspecified atom stereocenters. The lowest BCUT2D eigenvalue weighted by Crippen LogP contribution is -2.40. The van der Waals surface area contributed by atoms with Gasteiger partial charge in [0.15, 0.2) is 0 Å². The number of hydrogen-bond donors (Lipinski definition) is 0. The van der Waals surface area contributed by atoms with Crippen molar-refractivity contribution in [3.8, 4) is 5.75 Å². The zero-order valence-electron chi connectivity index (χ0n) is 16.4. The maximum atomic E-state index is 12.4. The Morgan fingerprint density at radius 2 is 1.96 bits per heavy atom. The van der Waals surface area contributed by atoms with Gasteiger partial charge in [-0.3, -0.25) is 4.79 Å². The highest BCUT2D eigenvalue weighted by molar-refractivity contribution is 7.10. The van der Waals surface area contributed by atoms with Gasteiger partial charge >= 0.3 is 0 Å². The van der Waals surface area contributed by atoms with E-state index >= 15 is 0 Å². The van der Waals surface area contributed by atoms with Crippen LogP contribution >= 0.6 is 11.3 Å². The molecule has 2 heterocycles. The van der Waals surface area contributed by atoms with E-state index in [2.05, 4.69) is 17.0 Å². The van der Waals surface area contributed by atoms with E-state index < -0.39 is 0 Å². The molecule has 27 heavy (non-hydrogen) atoms. The highest BCUT2D eigenvalue weighted by Crippen LogP contribution is 2.20. The van der Waals surface area contributed by atoms with E-state index in [0.717, 1.165) is 43.2 Å². The minimum Gasteiger partial charge on any atom is -0.497 e. The summed E-state index contributed by atoms with van der Waals surface area (Å²) in [5.74, 6) is 1.77. The molecule has 1 aliphatic heterocycles. The van der Waals surface area contributed by atoms with Crippen LogP contribution < -0.4 is 4.74 Å². The number of carbonyl (C=O) groups excluding carboxylic acids is 1. The van der Waals surface area contributed by atoms with Crippen molar-refractivity contribution in [1.82, 2.24) is 9.80 Å². The molecule has 1 amide bonds. The van der Waals surface area contributed by atoms with Crippen LogP contribution in [0.5, 0.6) is 5.75 Å². The number of carbonyl (C=O) groups is 1. The molecule has 0 N–H and O–H groups in total. The number of rotatable bonds is 8. The zero-order valence-corrected chi connectivity index (χ0v) is 17.2. The van der Waals surface area contributed by atoms with Gasteiger partial charge in [0, 0.05) is 25.0 Å². The third kappa shape index (κ3) is 6.08. The number of thiophene rings is 1. The Morgan fingerprint density at radius 1 is 1.22 bits per heavy atom. The van der Waals surface area contributed by atoms with Gasteiger partial charge in [0.05, 0.1) is 13.5 Å². The van der Waals surface area contributed by atoms with Gasteiger partial charge < -0.3 is 14.5 Å². The van der Waals surface area contributed by atoms with E-state index in [9.17, 15) is 4.79 Å². The van der Waals surface area contributed by atoms with Gasteiger partial charge in [-0.1, -0.05) is 18.2 Å². The van der Waals surface area contributed by atoms with Crippen molar-refractivity contribution >= 4 is 17.2 Å². The number of ether oxygens (including phenoxy) is 1. The number of likely N-dealkylation sites (N-methyl/N-ethyl adjacent to an activating group) is 1. The molecule has 0 saturated carbocycles. The van der Waals surface area contributed by atoms with E-state index in [1.165, 1.54) is 18.4 Å². The Labute approximate surface area is 166 Å². The van der Waals surface area contributed by atoms with Crippen LogP contribution in [0.1, 0.15) is 23.3 Å². The quantitative estimate of drug-likeness (QED) is 0.693. The molecule has 0 aliphatic carbocycles. The normalized spacial score (nSPS) is 15.6. The standard InChI is InChI=1S/C22H30N2O2S/c1-23(22(25)16-21-4-3-15-27-21)17-19-10-13-24(14-11-19)12-9-18-5-7-20(26-2)8-6-18/h3-8,15,19H,9-14,16-17H2,1-2H3. The van der Waals surface area contributed by atoms with Crippen molar-refractivity contribution in [1.29, 1.82) is 0 Å². The van der Waals surface area contributed by atoms with Gasteiger partial charge in [0.25, 0.3) is 0 Å². The highest BCUT2D eigenvalue weighted by atomic mass is 32.1.